The molecule has 1 heterocycles. The molecule has 1 aliphatic heterocycles. The molecule has 0 unspecified atom stereocenters. The quantitative estimate of drug-likeness (QED) is 0.254. The van der Waals surface area contributed by atoms with Crippen LogP contribution in [-0.2, 0) is 20.9 Å². The Balaban J connectivity index is 1.42. The lowest BCUT2D eigenvalue weighted by Gasteiger charge is -2.21. The topological polar surface area (TPSA) is 72.9 Å². The van der Waals surface area contributed by atoms with E-state index < -0.39 is 29.3 Å². The van der Waals surface area contributed by atoms with Crippen molar-refractivity contribution < 1.29 is 23.9 Å². The Hall–Kier alpha value is -3.10. The Morgan fingerprint density at radius 3 is 2.49 bits per heavy atom. The Morgan fingerprint density at radius 2 is 1.77 bits per heavy atom. The molecule has 3 aromatic carbocycles. The van der Waals surface area contributed by atoms with Crippen molar-refractivity contribution in [1.29, 1.82) is 0 Å². The molecule has 0 aromatic heterocycles. The summed E-state index contributed by atoms with van der Waals surface area (Å²) in [6.07, 6.45) is 1.62. The highest BCUT2D eigenvalue weighted by atomic mass is 79.9. The van der Waals surface area contributed by atoms with E-state index in [4.69, 9.17) is 9.47 Å². The van der Waals surface area contributed by atoms with Crippen LogP contribution in [0.25, 0.3) is 16.8 Å². The molecule has 0 atom stereocenters. The van der Waals surface area contributed by atoms with E-state index in [2.05, 4.69) is 40.2 Å². The number of hydrogen-bond donors (Lipinski definition) is 0. The summed E-state index contributed by atoms with van der Waals surface area (Å²) in [5.74, 6) is -0.483. The molecule has 8 heteroatoms. The maximum atomic E-state index is 12.7. The van der Waals surface area contributed by atoms with Gasteiger partial charge in [-0.2, -0.15) is 0 Å². The number of nitrogens with zero attached hydrogens (tertiary/aromatic N) is 1. The summed E-state index contributed by atoms with van der Waals surface area (Å²) in [5, 5.41) is 1.84. The summed E-state index contributed by atoms with van der Waals surface area (Å²) >= 11 is 4.32. The summed E-state index contributed by atoms with van der Waals surface area (Å²) in [5.41, 5.74) is 1.08. The lowest BCUT2D eigenvalue weighted by atomic mass is 10.1. The number of carbonyl (C=O) groups excluding carboxylic acids is 3. The van der Waals surface area contributed by atoms with Crippen LogP contribution in [0.4, 0.5) is 4.79 Å². The van der Waals surface area contributed by atoms with Crippen molar-refractivity contribution >= 4 is 61.7 Å². The van der Waals surface area contributed by atoms with E-state index in [1.807, 2.05) is 36.4 Å². The number of benzene rings is 3. The van der Waals surface area contributed by atoms with Gasteiger partial charge in [-0.05, 0) is 94.6 Å². The minimum Gasteiger partial charge on any atom is -0.488 e. The molecule has 0 radical (unpaired) electrons. The summed E-state index contributed by atoms with van der Waals surface area (Å²) in [6.45, 7) is 5.18. The zero-order valence-electron chi connectivity index (χ0n) is 19.5. The number of hydrogen-bond acceptors (Lipinski definition) is 6. The van der Waals surface area contributed by atoms with Crippen molar-refractivity contribution in [1.82, 2.24) is 4.90 Å². The van der Waals surface area contributed by atoms with Gasteiger partial charge in [0, 0.05) is 0 Å². The van der Waals surface area contributed by atoms with Gasteiger partial charge in [0.2, 0.25) is 0 Å². The van der Waals surface area contributed by atoms with Gasteiger partial charge in [0.05, 0.1) is 9.38 Å². The third kappa shape index (κ3) is 6.32. The summed E-state index contributed by atoms with van der Waals surface area (Å²) in [6, 6.07) is 19.8. The smallest absolute Gasteiger partial charge is 0.326 e. The van der Waals surface area contributed by atoms with Gasteiger partial charge in [-0.15, -0.1) is 0 Å². The van der Waals surface area contributed by atoms with Gasteiger partial charge in [0.15, 0.2) is 0 Å². The molecule has 0 aliphatic carbocycles. The van der Waals surface area contributed by atoms with E-state index in [-0.39, 0.29) is 4.91 Å². The van der Waals surface area contributed by atoms with Crippen LogP contribution in [0.3, 0.4) is 0 Å². The van der Waals surface area contributed by atoms with Crippen LogP contribution in [0.2, 0.25) is 0 Å². The van der Waals surface area contributed by atoms with Crippen LogP contribution in [0.5, 0.6) is 5.75 Å². The van der Waals surface area contributed by atoms with E-state index in [9.17, 15) is 14.4 Å². The number of thioether (sulfide) groups is 1. The molecule has 1 saturated heterocycles. The number of ether oxygens (including phenoxy) is 2. The number of carbonyl (C=O) groups is 3. The highest BCUT2D eigenvalue weighted by Gasteiger charge is 2.37. The predicted molar refractivity (Wildman–Crippen MR) is 141 cm³/mol. The van der Waals surface area contributed by atoms with Gasteiger partial charge < -0.3 is 9.47 Å². The molecular weight excluding hydrogens is 530 g/mol. The Labute approximate surface area is 216 Å². The molecule has 0 bridgehead atoms. The maximum absolute atomic E-state index is 12.7. The van der Waals surface area contributed by atoms with Gasteiger partial charge >= 0.3 is 5.97 Å². The first-order valence-corrected chi connectivity index (χ1v) is 12.6. The van der Waals surface area contributed by atoms with Gasteiger partial charge in [-0.3, -0.25) is 19.3 Å². The van der Waals surface area contributed by atoms with Gasteiger partial charge in [0.1, 0.15) is 24.5 Å². The highest BCUT2D eigenvalue weighted by molar-refractivity contribution is 9.10. The van der Waals surface area contributed by atoms with Crippen LogP contribution in [0.1, 0.15) is 31.9 Å². The van der Waals surface area contributed by atoms with Crippen LogP contribution in [0, 0.1) is 0 Å². The first-order chi connectivity index (χ1) is 16.6. The van der Waals surface area contributed by atoms with Crippen molar-refractivity contribution in [2.24, 2.45) is 0 Å². The van der Waals surface area contributed by atoms with E-state index in [1.165, 1.54) is 5.39 Å². The second-order valence-electron chi connectivity index (χ2n) is 9.01. The van der Waals surface area contributed by atoms with E-state index in [1.54, 1.807) is 26.8 Å². The normalized spacial score (nSPS) is 15.2. The molecule has 6 nitrogen and oxygen atoms in total. The fourth-order valence-corrected chi connectivity index (χ4v) is 4.85. The average molecular weight is 554 g/mol. The summed E-state index contributed by atoms with van der Waals surface area (Å²) < 4.78 is 11.9. The number of rotatable bonds is 6. The van der Waals surface area contributed by atoms with Gasteiger partial charge in [-0.1, -0.05) is 42.5 Å². The number of halogens is 1. The van der Waals surface area contributed by atoms with Gasteiger partial charge in [0.25, 0.3) is 11.1 Å². The molecule has 180 valence electrons. The third-order valence-corrected chi connectivity index (χ3v) is 6.57. The minimum atomic E-state index is -0.695. The number of imide groups is 1. The van der Waals surface area contributed by atoms with Crippen molar-refractivity contribution in [2.45, 2.75) is 33.0 Å². The Morgan fingerprint density at radius 1 is 1.03 bits per heavy atom. The standard InChI is InChI=1S/C27H24BrNO5S/c1-27(2,3)34-24(30)15-29-25(31)23(35-26(29)32)14-17-9-11-22(21(28)13-17)33-16-18-8-10-19-6-4-5-7-20(19)12-18/h4-14H,15-16H2,1-3H3. The Kier molecular flexibility index (Phi) is 7.33. The van der Waals surface area contributed by atoms with Crippen LogP contribution < -0.4 is 4.74 Å². The average Bonchev–Trinajstić information content (AvgIpc) is 3.04. The van der Waals surface area contributed by atoms with Crippen molar-refractivity contribution in [2.75, 3.05) is 6.54 Å². The molecule has 1 fully saturated rings. The number of amides is 2. The van der Waals surface area contributed by atoms with Crippen LogP contribution in [-0.4, -0.2) is 34.2 Å². The molecule has 0 N–H and O–H groups in total. The fraction of sp³-hybridized carbons (Fsp3) is 0.222. The lowest BCUT2D eigenvalue weighted by molar-refractivity contribution is -0.156. The fourth-order valence-electron chi connectivity index (χ4n) is 3.50. The van der Waals surface area contributed by atoms with Gasteiger partial charge in [-0.25, -0.2) is 0 Å². The SMILES string of the molecule is CC(C)(C)OC(=O)CN1C(=O)SC(=Cc2ccc(OCc3ccc4ccccc4c3)c(Br)c2)C1=O. The van der Waals surface area contributed by atoms with E-state index in [0.29, 0.717) is 12.4 Å². The molecule has 0 saturated carbocycles. The molecule has 2 amide bonds. The van der Waals surface area contributed by atoms with Crippen LogP contribution in [0.15, 0.2) is 70.0 Å². The zero-order valence-corrected chi connectivity index (χ0v) is 21.9. The second-order valence-corrected chi connectivity index (χ2v) is 10.9. The van der Waals surface area contributed by atoms with Crippen molar-refractivity contribution in [3.8, 4) is 5.75 Å². The summed E-state index contributed by atoms with van der Waals surface area (Å²) in [4.78, 5) is 38.2. The zero-order chi connectivity index (χ0) is 25.2. The second kappa shape index (κ2) is 10.3. The number of esters is 1. The number of fused-ring (bicyclic) bond motifs is 1. The molecule has 0 spiro atoms. The predicted octanol–water partition coefficient (Wildman–Crippen LogP) is 6.56. The van der Waals surface area contributed by atoms with Crippen LogP contribution >= 0.6 is 27.7 Å². The van der Waals surface area contributed by atoms with E-state index >= 15 is 0 Å². The largest absolute Gasteiger partial charge is 0.488 e. The van der Waals surface area contributed by atoms with Crippen molar-refractivity contribution in [3.05, 3.63) is 81.2 Å². The first kappa shape index (κ1) is 25.0. The first-order valence-electron chi connectivity index (χ1n) is 11.0. The molecule has 1 aliphatic rings. The molecule has 35 heavy (non-hydrogen) atoms. The maximum Gasteiger partial charge on any atom is 0.326 e. The third-order valence-electron chi connectivity index (χ3n) is 5.04. The van der Waals surface area contributed by atoms with E-state index in [0.717, 1.165) is 37.6 Å². The minimum absolute atomic E-state index is 0.246. The lowest BCUT2D eigenvalue weighted by Crippen LogP contribution is -2.37. The Bertz CT molecular complexity index is 1340. The molecule has 4 rings (SSSR count). The molecule has 3 aromatic rings. The molecular formula is C27H24BrNO5S. The monoisotopic (exact) mass is 553 g/mol. The highest BCUT2D eigenvalue weighted by Crippen LogP contribution is 2.34. The summed E-state index contributed by atoms with van der Waals surface area (Å²) in [7, 11) is 0. The van der Waals surface area contributed by atoms with Crippen molar-refractivity contribution in [3.63, 3.8) is 0 Å².